The topological polar surface area (TPSA) is 98.1 Å². The Hall–Kier alpha value is -4.62. The molecule has 6 heterocycles. The van der Waals surface area contributed by atoms with Crippen molar-refractivity contribution in [2.75, 3.05) is 62.8 Å². The molecule has 4 aliphatic rings. The lowest BCUT2D eigenvalue weighted by Crippen LogP contribution is -2.55. The summed E-state index contributed by atoms with van der Waals surface area (Å²) in [6.07, 6.45) is 8.54. The van der Waals surface area contributed by atoms with Crippen molar-refractivity contribution in [3.63, 3.8) is 0 Å². The van der Waals surface area contributed by atoms with Crippen LogP contribution in [0.15, 0.2) is 43.1 Å². The lowest BCUT2D eigenvalue weighted by atomic mass is 9.88. The predicted octanol–water partition coefficient (Wildman–Crippen LogP) is 5.24. The average Bonchev–Trinajstić information content (AvgIpc) is 3.54. The largest absolute Gasteiger partial charge is 0.493 e. The Morgan fingerprint density at radius 1 is 1.06 bits per heavy atom. The van der Waals surface area contributed by atoms with E-state index in [1.54, 1.807) is 4.90 Å². The van der Waals surface area contributed by atoms with Crippen LogP contribution in [0.5, 0.6) is 11.6 Å². The molecule has 0 spiro atoms. The number of likely N-dealkylation sites (N-methyl/N-ethyl adjacent to an activating group) is 1. The maximum Gasteiger partial charge on any atom is 0.246 e. The van der Waals surface area contributed by atoms with Gasteiger partial charge in [-0.3, -0.25) is 9.78 Å². The first kappa shape index (κ1) is 32.9. The fraction of sp³-hybridized carbons (Fsp3) is 0.487. The Morgan fingerprint density at radius 3 is 2.71 bits per heavy atom. The van der Waals surface area contributed by atoms with Crippen LogP contribution in [-0.4, -0.2) is 90.7 Å². The zero-order valence-electron chi connectivity index (χ0n) is 29.1. The summed E-state index contributed by atoms with van der Waals surface area (Å²) in [6.45, 7) is 13.5. The van der Waals surface area contributed by atoms with Crippen molar-refractivity contribution in [1.29, 1.82) is 5.26 Å². The number of hydrogen-bond acceptors (Lipinski definition) is 9. The molecule has 2 fully saturated rings. The highest BCUT2D eigenvalue weighted by atomic mass is 16.5. The van der Waals surface area contributed by atoms with Crippen LogP contribution in [0.1, 0.15) is 53.6 Å². The molecule has 2 saturated heterocycles. The van der Waals surface area contributed by atoms with Gasteiger partial charge >= 0.3 is 0 Å². The molecule has 10 nitrogen and oxygen atoms in total. The lowest BCUT2D eigenvalue weighted by molar-refractivity contribution is -0.128. The van der Waals surface area contributed by atoms with E-state index in [2.05, 4.69) is 72.5 Å². The third-order valence-corrected chi connectivity index (χ3v) is 10.9. The number of fused-ring (bicyclic) bond motifs is 2. The summed E-state index contributed by atoms with van der Waals surface area (Å²) >= 11 is 0. The molecule has 10 heteroatoms. The van der Waals surface area contributed by atoms with E-state index in [0.717, 1.165) is 85.8 Å². The van der Waals surface area contributed by atoms with E-state index in [1.165, 1.54) is 28.5 Å². The molecule has 0 radical (unpaired) electrons. The molecule has 4 aliphatic heterocycles. The van der Waals surface area contributed by atoms with Crippen molar-refractivity contribution >= 4 is 17.4 Å². The number of rotatable bonds is 8. The number of piperazine rings is 1. The summed E-state index contributed by atoms with van der Waals surface area (Å²) in [5.74, 6) is 2.39. The van der Waals surface area contributed by atoms with Gasteiger partial charge in [0.25, 0.3) is 0 Å². The van der Waals surface area contributed by atoms with Gasteiger partial charge in [-0.15, -0.1) is 0 Å². The Balaban J connectivity index is 1.37. The molecule has 0 N–H and O–H groups in total. The SMILES string of the molecule is C=CC(=O)N1CCN(c2nc(OC[C@@H]3CCCN3C)c(-c3c(C)ccnc3C)c3c2CCN(c2cccc4c2CCCO4)C3)C[C@@H]1CC#N. The highest BCUT2D eigenvalue weighted by Gasteiger charge is 2.36. The number of aryl methyl sites for hydroxylation is 2. The summed E-state index contributed by atoms with van der Waals surface area (Å²) in [4.78, 5) is 31.9. The van der Waals surface area contributed by atoms with Crippen molar-refractivity contribution in [3.8, 4) is 28.8 Å². The van der Waals surface area contributed by atoms with Gasteiger partial charge in [0.2, 0.25) is 11.8 Å². The molecule has 1 amide bonds. The molecule has 7 rings (SSSR count). The molecule has 0 aliphatic carbocycles. The maximum absolute atomic E-state index is 12.8. The quantitative estimate of drug-likeness (QED) is 0.301. The number of likely N-dealkylation sites (tertiary alicyclic amines) is 1. The molecule has 1 aromatic carbocycles. The van der Waals surface area contributed by atoms with Gasteiger partial charge in [0.1, 0.15) is 18.2 Å². The summed E-state index contributed by atoms with van der Waals surface area (Å²) in [5.41, 5.74) is 9.13. The van der Waals surface area contributed by atoms with Crippen molar-refractivity contribution in [2.24, 2.45) is 0 Å². The van der Waals surface area contributed by atoms with E-state index in [1.807, 2.05) is 6.20 Å². The molecule has 0 unspecified atom stereocenters. The molecule has 3 aromatic rings. The van der Waals surface area contributed by atoms with Gasteiger partial charge in [0.15, 0.2) is 0 Å². The van der Waals surface area contributed by atoms with Crippen LogP contribution in [-0.2, 0) is 24.2 Å². The highest BCUT2D eigenvalue weighted by molar-refractivity contribution is 5.87. The van der Waals surface area contributed by atoms with Crippen LogP contribution in [0.4, 0.5) is 11.5 Å². The van der Waals surface area contributed by atoms with Crippen molar-refractivity contribution in [1.82, 2.24) is 19.8 Å². The van der Waals surface area contributed by atoms with Gasteiger partial charge in [-0.05, 0) is 94.9 Å². The lowest BCUT2D eigenvalue weighted by Gasteiger charge is -2.43. The second-order valence-electron chi connectivity index (χ2n) is 13.8. The number of carbonyl (C=O) groups excluding carboxylic acids is 1. The Labute approximate surface area is 289 Å². The molecule has 256 valence electrons. The Bertz CT molecular complexity index is 1760. The first-order chi connectivity index (χ1) is 23.9. The molecule has 2 atom stereocenters. The van der Waals surface area contributed by atoms with Gasteiger partial charge < -0.3 is 29.1 Å². The van der Waals surface area contributed by atoms with Crippen LogP contribution in [0.25, 0.3) is 11.1 Å². The van der Waals surface area contributed by atoms with E-state index < -0.39 is 0 Å². The van der Waals surface area contributed by atoms with Gasteiger partial charge in [-0.2, -0.15) is 10.2 Å². The number of pyridine rings is 2. The number of benzene rings is 1. The van der Waals surface area contributed by atoms with Crippen molar-refractivity contribution in [2.45, 2.75) is 71.0 Å². The number of hydrogen-bond donors (Lipinski definition) is 0. The van der Waals surface area contributed by atoms with Crippen LogP contribution in [0.3, 0.4) is 0 Å². The molecule has 0 saturated carbocycles. The van der Waals surface area contributed by atoms with E-state index in [4.69, 9.17) is 19.4 Å². The number of aromatic nitrogens is 2. The summed E-state index contributed by atoms with van der Waals surface area (Å²) in [5, 5.41) is 9.72. The molecule has 49 heavy (non-hydrogen) atoms. The van der Waals surface area contributed by atoms with Crippen molar-refractivity contribution < 1.29 is 14.3 Å². The monoisotopic (exact) mass is 661 g/mol. The second-order valence-corrected chi connectivity index (χ2v) is 13.8. The number of nitriles is 1. The fourth-order valence-electron chi connectivity index (χ4n) is 8.26. The zero-order chi connectivity index (χ0) is 34.1. The number of anilines is 2. The van der Waals surface area contributed by atoms with Gasteiger partial charge in [0.05, 0.1) is 30.7 Å². The Morgan fingerprint density at radius 2 is 1.94 bits per heavy atom. The fourth-order valence-corrected chi connectivity index (χ4v) is 8.26. The van der Waals surface area contributed by atoms with Crippen molar-refractivity contribution in [3.05, 3.63) is 71.1 Å². The first-order valence-electron chi connectivity index (χ1n) is 17.7. The predicted molar refractivity (Wildman–Crippen MR) is 191 cm³/mol. The zero-order valence-corrected chi connectivity index (χ0v) is 29.1. The van der Waals surface area contributed by atoms with Gasteiger partial charge in [0, 0.05) is 73.0 Å². The second kappa shape index (κ2) is 14.1. The summed E-state index contributed by atoms with van der Waals surface area (Å²) in [7, 11) is 2.17. The first-order valence-corrected chi connectivity index (χ1v) is 17.7. The minimum atomic E-state index is -0.253. The van der Waals surface area contributed by atoms with Crippen LogP contribution in [0, 0.1) is 25.2 Å². The van der Waals surface area contributed by atoms with E-state index in [9.17, 15) is 10.1 Å². The number of ether oxygens (including phenoxy) is 2. The minimum Gasteiger partial charge on any atom is -0.493 e. The van der Waals surface area contributed by atoms with E-state index >= 15 is 0 Å². The molecular formula is C39H47N7O3. The molecule has 2 aromatic heterocycles. The normalized spacial score (nSPS) is 20.7. The van der Waals surface area contributed by atoms with Crippen LogP contribution < -0.4 is 19.3 Å². The number of carbonyl (C=O) groups is 1. The van der Waals surface area contributed by atoms with Gasteiger partial charge in [-0.25, -0.2) is 0 Å². The van der Waals surface area contributed by atoms with E-state index in [-0.39, 0.29) is 18.4 Å². The molecule has 0 bridgehead atoms. The average molecular weight is 662 g/mol. The maximum atomic E-state index is 12.8. The van der Waals surface area contributed by atoms with Crippen LogP contribution in [0.2, 0.25) is 0 Å². The number of amides is 1. The van der Waals surface area contributed by atoms with E-state index in [0.29, 0.717) is 44.7 Å². The minimum absolute atomic E-state index is 0.136. The standard InChI is InChI=1S/C39H47N7O3/c1-5-35(47)46-21-20-45(23-28(46)13-16-40)38-30-15-19-44(33-11-6-12-34-31(33)10-8-22-48-34)24-32(30)37(36-26(2)14-17-41-27(36)3)39(42-38)49-25-29-9-7-18-43(29)4/h5-6,11-12,14,17,28-29H,1,7-10,13,15,18-25H2,2-4H3/t28-,29-/m0/s1. The Kier molecular flexibility index (Phi) is 9.46. The molecular weight excluding hydrogens is 614 g/mol. The summed E-state index contributed by atoms with van der Waals surface area (Å²) < 4.78 is 12.9. The third kappa shape index (κ3) is 6.32. The number of nitrogens with zero attached hydrogens (tertiary/aromatic N) is 7. The third-order valence-electron chi connectivity index (χ3n) is 10.9. The smallest absolute Gasteiger partial charge is 0.246 e. The summed E-state index contributed by atoms with van der Waals surface area (Å²) in [6, 6.07) is 10.9. The van der Waals surface area contributed by atoms with Crippen LogP contribution >= 0.6 is 0 Å². The van der Waals surface area contributed by atoms with Gasteiger partial charge in [-0.1, -0.05) is 12.6 Å². The highest BCUT2D eigenvalue weighted by Crippen LogP contribution is 2.45.